The number of rotatable bonds is 5. The maximum absolute atomic E-state index is 13.0. The van der Waals surface area contributed by atoms with Crippen LogP contribution in [0, 0.1) is 11.3 Å². The molecule has 2 aliphatic rings. The Morgan fingerprint density at radius 3 is 2.44 bits per heavy atom. The Labute approximate surface area is 200 Å². The Bertz CT molecular complexity index is 1270. The number of likely N-dealkylation sites (N-methyl/N-ethyl adjacent to an activating group) is 1. The molecule has 170 valence electrons. The molecule has 1 fully saturated rings. The minimum Gasteiger partial charge on any atom is -0.354 e. The third kappa shape index (κ3) is 4.58. The maximum Gasteiger partial charge on any atom is 0.258 e. The smallest absolute Gasteiger partial charge is 0.258 e. The fourth-order valence-corrected chi connectivity index (χ4v) is 4.47. The van der Waals surface area contributed by atoms with E-state index in [4.69, 9.17) is 0 Å². The molecule has 1 amide bonds. The van der Waals surface area contributed by atoms with Crippen LogP contribution in [0.3, 0.4) is 0 Å². The van der Waals surface area contributed by atoms with Gasteiger partial charge in [-0.05, 0) is 48.5 Å². The highest BCUT2D eigenvalue weighted by Crippen LogP contribution is 2.38. The third-order valence-corrected chi connectivity index (χ3v) is 6.43. The summed E-state index contributed by atoms with van der Waals surface area (Å²) >= 11 is 0. The van der Waals surface area contributed by atoms with Crippen molar-refractivity contribution in [3.63, 3.8) is 0 Å². The number of hydrogen-bond acceptors (Lipinski definition) is 5. The van der Waals surface area contributed by atoms with Crippen molar-refractivity contribution in [2.75, 3.05) is 43.9 Å². The molecule has 6 heteroatoms. The Morgan fingerprint density at radius 2 is 1.74 bits per heavy atom. The second-order valence-electron chi connectivity index (χ2n) is 8.84. The average Bonchev–Trinajstić information content (AvgIpc) is 3.20. The summed E-state index contributed by atoms with van der Waals surface area (Å²) in [7, 11) is 2.17. The van der Waals surface area contributed by atoms with E-state index in [9.17, 15) is 10.1 Å². The first-order chi connectivity index (χ1) is 16.6. The van der Waals surface area contributed by atoms with E-state index < -0.39 is 0 Å². The van der Waals surface area contributed by atoms with Gasteiger partial charge in [-0.25, -0.2) is 0 Å². The lowest BCUT2D eigenvalue weighted by Crippen LogP contribution is -2.43. The van der Waals surface area contributed by atoms with Gasteiger partial charge >= 0.3 is 0 Å². The van der Waals surface area contributed by atoms with Crippen LogP contribution in [-0.4, -0.2) is 48.9 Å². The normalized spacial score (nSPS) is 17.6. The van der Waals surface area contributed by atoms with Crippen LogP contribution in [0.1, 0.15) is 22.3 Å². The first-order valence-electron chi connectivity index (χ1n) is 11.5. The number of carbonyl (C=O) groups is 1. The Hall–Kier alpha value is -3.92. The number of piperazine rings is 1. The van der Waals surface area contributed by atoms with Gasteiger partial charge in [-0.1, -0.05) is 42.5 Å². The van der Waals surface area contributed by atoms with Gasteiger partial charge in [0.25, 0.3) is 5.91 Å². The molecule has 0 saturated carbocycles. The lowest BCUT2D eigenvalue weighted by molar-refractivity contribution is -0.110. The van der Waals surface area contributed by atoms with E-state index >= 15 is 0 Å². The molecule has 0 spiro atoms. The van der Waals surface area contributed by atoms with Gasteiger partial charge in [-0.15, -0.1) is 0 Å². The van der Waals surface area contributed by atoms with Crippen molar-refractivity contribution >= 4 is 28.6 Å². The molecule has 5 rings (SSSR count). The molecule has 6 nitrogen and oxygen atoms in total. The minimum absolute atomic E-state index is 0.178. The molecule has 34 heavy (non-hydrogen) atoms. The molecule has 0 bridgehead atoms. The van der Waals surface area contributed by atoms with Crippen LogP contribution in [-0.2, 0) is 11.3 Å². The monoisotopic (exact) mass is 449 g/mol. The summed E-state index contributed by atoms with van der Waals surface area (Å²) in [6.45, 7) is 5.31. The molecule has 3 aromatic carbocycles. The highest BCUT2D eigenvalue weighted by molar-refractivity contribution is 6.37. The minimum atomic E-state index is -0.178. The fourth-order valence-electron chi connectivity index (χ4n) is 4.47. The molecule has 0 aromatic heterocycles. The van der Waals surface area contributed by atoms with Gasteiger partial charge in [0.05, 0.1) is 22.9 Å². The van der Waals surface area contributed by atoms with E-state index in [0.717, 1.165) is 60.9 Å². The van der Waals surface area contributed by atoms with Crippen LogP contribution in [0.25, 0.3) is 11.3 Å². The van der Waals surface area contributed by atoms with Crippen molar-refractivity contribution in [3.05, 3.63) is 95.1 Å². The first kappa shape index (κ1) is 21.9. The molecule has 3 aromatic rings. The van der Waals surface area contributed by atoms with Crippen LogP contribution in [0.4, 0.5) is 11.4 Å². The van der Waals surface area contributed by atoms with Crippen molar-refractivity contribution in [2.45, 2.75) is 6.54 Å². The molecule has 1 saturated heterocycles. The van der Waals surface area contributed by atoms with Gasteiger partial charge in [0.1, 0.15) is 0 Å². The molecule has 2 aliphatic heterocycles. The van der Waals surface area contributed by atoms with E-state index in [-0.39, 0.29) is 5.91 Å². The van der Waals surface area contributed by atoms with Crippen LogP contribution in [0.15, 0.2) is 72.8 Å². The van der Waals surface area contributed by atoms with E-state index in [0.29, 0.717) is 11.1 Å². The molecule has 0 aliphatic carbocycles. The Balaban J connectivity index is 1.46. The van der Waals surface area contributed by atoms with Gasteiger partial charge in [0.2, 0.25) is 0 Å². The predicted octanol–water partition coefficient (Wildman–Crippen LogP) is 4.24. The van der Waals surface area contributed by atoms with Gasteiger partial charge in [0.15, 0.2) is 0 Å². The number of carbonyl (C=O) groups excluding carboxylic acids is 1. The second kappa shape index (κ2) is 9.52. The number of benzene rings is 3. The van der Waals surface area contributed by atoms with Gasteiger partial charge in [-0.3, -0.25) is 9.69 Å². The molecule has 2 heterocycles. The Kier molecular flexibility index (Phi) is 6.13. The Morgan fingerprint density at radius 1 is 1.00 bits per heavy atom. The number of anilines is 2. The summed E-state index contributed by atoms with van der Waals surface area (Å²) in [4.78, 5) is 17.9. The van der Waals surface area contributed by atoms with Crippen molar-refractivity contribution in [1.29, 1.82) is 5.26 Å². The molecule has 0 radical (unpaired) electrons. The number of hydrogen-bond donors (Lipinski definition) is 2. The van der Waals surface area contributed by atoms with Crippen LogP contribution in [0.5, 0.6) is 0 Å². The van der Waals surface area contributed by atoms with E-state index in [1.165, 1.54) is 5.56 Å². The summed E-state index contributed by atoms with van der Waals surface area (Å²) in [5, 5.41) is 15.8. The fraction of sp³-hybridized carbons (Fsp3) is 0.214. The number of nitrogens with one attached hydrogen (secondary N) is 2. The molecular weight excluding hydrogens is 422 g/mol. The largest absolute Gasteiger partial charge is 0.354 e. The van der Waals surface area contributed by atoms with Crippen molar-refractivity contribution < 1.29 is 4.79 Å². The lowest BCUT2D eigenvalue weighted by Gasteiger charge is -2.32. The van der Waals surface area contributed by atoms with Crippen molar-refractivity contribution in [1.82, 2.24) is 9.80 Å². The standard InChI is InChI=1S/C28H27N5O/c1-32-13-15-33(16-14-32)19-20-7-10-23(11-8-20)30-27(22-5-3-2-4-6-22)26-24-17-21(18-29)9-12-25(24)31-28(26)34/h2-12,17,30H,13-16,19H2,1H3,(H,31,34)/b27-26-. The van der Waals surface area contributed by atoms with Crippen LogP contribution in [0.2, 0.25) is 0 Å². The zero-order valence-corrected chi connectivity index (χ0v) is 19.2. The summed E-state index contributed by atoms with van der Waals surface area (Å²) in [6, 6.07) is 25.7. The number of nitriles is 1. The van der Waals surface area contributed by atoms with Gasteiger partial charge in [0, 0.05) is 49.7 Å². The van der Waals surface area contributed by atoms with Gasteiger partial charge < -0.3 is 15.5 Å². The molecular formula is C28H27N5O. The summed E-state index contributed by atoms with van der Waals surface area (Å²) < 4.78 is 0. The predicted molar refractivity (Wildman–Crippen MR) is 136 cm³/mol. The molecule has 0 atom stereocenters. The highest BCUT2D eigenvalue weighted by Gasteiger charge is 2.28. The third-order valence-electron chi connectivity index (χ3n) is 6.43. The quantitative estimate of drug-likeness (QED) is 0.570. The number of amides is 1. The highest BCUT2D eigenvalue weighted by atomic mass is 16.2. The first-order valence-corrected chi connectivity index (χ1v) is 11.5. The molecule has 2 N–H and O–H groups in total. The average molecular weight is 450 g/mol. The van der Waals surface area contributed by atoms with Crippen molar-refractivity contribution in [2.24, 2.45) is 0 Å². The van der Waals surface area contributed by atoms with Crippen LogP contribution >= 0.6 is 0 Å². The van der Waals surface area contributed by atoms with Crippen molar-refractivity contribution in [3.8, 4) is 6.07 Å². The number of nitrogens with zero attached hydrogens (tertiary/aromatic N) is 3. The second-order valence-corrected chi connectivity index (χ2v) is 8.84. The van der Waals surface area contributed by atoms with E-state index in [1.807, 2.05) is 30.3 Å². The molecule has 0 unspecified atom stereocenters. The SMILES string of the molecule is CN1CCN(Cc2ccc(N/C(=C3\C(=O)Nc4ccc(C#N)cc43)c3ccccc3)cc2)CC1. The summed E-state index contributed by atoms with van der Waals surface area (Å²) in [6.07, 6.45) is 0. The van der Waals surface area contributed by atoms with E-state index in [2.05, 4.69) is 57.8 Å². The maximum atomic E-state index is 13.0. The topological polar surface area (TPSA) is 71.4 Å². The van der Waals surface area contributed by atoms with Gasteiger partial charge in [-0.2, -0.15) is 5.26 Å². The zero-order valence-electron chi connectivity index (χ0n) is 19.2. The lowest BCUT2D eigenvalue weighted by atomic mass is 9.98. The summed E-state index contributed by atoms with van der Waals surface area (Å²) in [5.74, 6) is -0.178. The zero-order chi connectivity index (χ0) is 23.5. The van der Waals surface area contributed by atoms with Crippen LogP contribution < -0.4 is 10.6 Å². The van der Waals surface area contributed by atoms with E-state index in [1.54, 1.807) is 18.2 Å². The number of fused-ring (bicyclic) bond motifs is 1. The summed E-state index contributed by atoms with van der Waals surface area (Å²) in [5.41, 5.74) is 6.33.